The Labute approximate surface area is 225 Å². The highest BCUT2D eigenvalue weighted by atomic mass is 16.5. The van der Waals surface area contributed by atoms with E-state index in [0.29, 0.717) is 0 Å². The molecule has 1 aromatic carbocycles. The van der Waals surface area contributed by atoms with Crippen molar-refractivity contribution in [2.24, 2.45) is 0 Å². The fourth-order valence-electron chi connectivity index (χ4n) is 4.76. The van der Waals surface area contributed by atoms with E-state index in [-0.39, 0.29) is 0 Å². The van der Waals surface area contributed by atoms with Gasteiger partial charge in [0.25, 0.3) is 0 Å². The first kappa shape index (κ1) is 31.0. The lowest BCUT2D eigenvalue weighted by molar-refractivity contribution is -0.998. The first-order valence-electron chi connectivity index (χ1n) is 12.3. The number of carbonyl (C=O) groups is 4. The number of carboxylic acid groups (broad SMARTS) is 4. The molecule has 0 amide bonds. The fraction of sp³-hybridized carbons (Fsp3) is 0.423. The highest BCUT2D eigenvalue weighted by Gasteiger charge is 2.34. The monoisotopic (exact) mass is 547 g/mol. The average molecular weight is 548 g/mol. The minimum Gasteiger partial charge on any atom is -0.539 e. The van der Waals surface area contributed by atoms with Gasteiger partial charge in [-0.1, -0.05) is 6.07 Å². The Morgan fingerprint density at radius 3 is 2.08 bits per heavy atom. The molecule has 1 fully saturated rings. The maximum Gasteiger partial charge on any atom is 0.351 e. The van der Waals surface area contributed by atoms with Crippen LogP contribution in [0.15, 0.2) is 36.5 Å². The summed E-state index contributed by atoms with van der Waals surface area (Å²) in [6, 6.07) is 11.3. The Morgan fingerprint density at radius 2 is 1.56 bits per heavy atom. The molecule has 3 atom stereocenters. The van der Waals surface area contributed by atoms with E-state index in [0.717, 1.165) is 37.1 Å². The normalized spacial score (nSPS) is 19.5. The van der Waals surface area contributed by atoms with E-state index < -0.39 is 23.9 Å². The number of ether oxygens (including phenoxy) is 2. The minimum atomic E-state index is -2.07. The Bertz CT molecular complexity index is 1090. The second-order valence-electron chi connectivity index (χ2n) is 9.04. The summed E-state index contributed by atoms with van der Waals surface area (Å²) in [6.07, 6.45) is 5.68. The highest BCUT2D eigenvalue weighted by molar-refractivity contribution is 6.26. The number of benzene rings is 1. The summed E-state index contributed by atoms with van der Waals surface area (Å²) in [7, 11) is 3.43. The zero-order valence-corrected chi connectivity index (χ0v) is 21.8. The zero-order valence-electron chi connectivity index (χ0n) is 21.8. The Kier molecular flexibility index (Phi) is 12.1. The third-order valence-corrected chi connectivity index (χ3v) is 6.54. The second kappa shape index (κ2) is 15.2. The molecule has 212 valence electrons. The number of aliphatic carboxylic acids is 4. The predicted octanol–water partition coefficient (Wildman–Crippen LogP) is -4.07. The molecule has 0 bridgehead atoms. The summed E-state index contributed by atoms with van der Waals surface area (Å²) < 4.78 is 11.0. The van der Waals surface area contributed by atoms with E-state index in [1.807, 2.05) is 12.3 Å². The van der Waals surface area contributed by atoms with Crippen LogP contribution in [0.5, 0.6) is 11.5 Å². The first-order valence-corrected chi connectivity index (χ1v) is 12.3. The van der Waals surface area contributed by atoms with Gasteiger partial charge in [-0.3, -0.25) is 4.98 Å². The van der Waals surface area contributed by atoms with Gasteiger partial charge >= 0.3 is 11.9 Å². The van der Waals surface area contributed by atoms with Crippen LogP contribution in [0.25, 0.3) is 0 Å². The van der Waals surface area contributed by atoms with Crippen molar-refractivity contribution in [2.75, 3.05) is 33.9 Å². The van der Waals surface area contributed by atoms with Gasteiger partial charge < -0.3 is 49.3 Å². The SMILES string of the molecule is COc1cc2c(cc1OC)C[NH+](C1CCC[NH+](Cc3ccccn3)C1)CC2.O=C([O-])C(=O)O.O=C([O-])C(=O)O. The summed E-state index contributed by atoms with van der Waals surface area (Å²) in [5, 5.41) is 32.6. The van der Waals surface area contributed by atoms with Crippen molar-refractivity contribution in [3.63, 3.8) is 0 Å². The molecule has 3 unspecified atom stereocenters. The largest absolute Gasteiger partial charge is 0.539 e. The first-order chi connectivity index (χ1) is 18.5. The summed E-state index contributed by atoms with van der Waals surface area (Å²) in [4.78, 5) is 44.0. The van der Waals surface area contributed by atoms with E-state index in [1.54, 1.807) is 24.0 Å². The molecule has 2 aliphatic rings. The van der Waals surface area contributed by atoms with E-state index in [2.05, 4.69) is 29.2 Å². The number of hydrogen-bond donors (Lipinski definition) is 4. The lowest BCUT2D eigenvalue weighted by Gasteiger charge is -2.37. The van der Waals surface area contributed by atoms with Gasteiger partial charge in [0.2, 0.25) is 0 Å². The van der Waals surface area contributed by atoms with Crippen molar-refractivity contribution < 1.29 is 58.9 Å². The molecule has 0 saturated carbocycles. The van der Waals surface area contributed by atoms with E-state index >= 15 is 0 Å². The van der Waals surface area contributed by atoms with Crippen LogP contribution in [0, 0.1) is 0 Å². The maximum atomic E-state index is 9.04. The summed E-state index contributed by atoms with van der Waals surface area (Å²) in [5.41, 5.74) is 4.06. The topological polar surface area (TPSA) is 195 Å². The summed E-state index contributed by atoms with van der Waals surface area (Å²) in [6.45, 7) is 5.87. The van der Waals surface area contributed by atoms with E-state index in [4.69, 9.17) is 49.1 Å². The van der Waals surface area contributed by atoms with Crippen LogP contribution in [0.3, 0.4) is 0 Å². The van der Waals surface area contributed by atoms with Crippen LogP contribution >= 0.6 is 0 Å². The van der Waals surface area contributed by atoms with Crippen LogP contribution in [-0.4, -0.2) is 79.0 Å². The van der Waals surface area contributed by atoms with Gasteiger partial charge in [-0.15, -0.1) is 0 Å². The van der Waals surface area contributed by atoms with Crippen LogP contribution in [-0.2, 0) is 38.7 Å². The van der Waals surface area contributed by atoms with Crippen molar-refractivity contribution in [1.29, 1.82) is 0 Å². The molecule has 39 heavy (non-hydrogen) atoms. The lowest BCUT2D eigenvalue weighted by atomic mass is 9.95. The van der Waals surface area contributed by atoms with E-state index in [9.17, 15) is 0 Å². The van der Waals surface area contributed by atoms with Gasteiger partial charge in [0.1, 0.15) is 25.7 Å². The highest BCUT2D eigenvalue weighted by Crippen LogP contribution is 2.31. The third-order valence-electron chi connectivity index (χ3n) is 6.54. The number of hydrogen-bond acceptors (Lipinski definition) is 9. The van der Waals surface area contributed by atoms with Gasteiger partial charge in [0.15, 0.2) is 23.4 Å². The van der Waals surface area contributed by atoms with Crippen LogP contribution in [0.2, 0.25) is 0 Å². The summed E-state index contributed by atoms with van der Waals surface area (Å²) >= 11 is 0. The van der Waals surface area contributed by atoms with Crippen molar-refractivity contribution in [3.8, 4) is 11.5 Å². The van der Waals surface area contributed by atoms with Crippen molar-refractivity contribution >= 4 is 23.9 Å². The van der Waals surface area contributed by atoms with Crippen LogP contribution < -0.4 is 29.5 Å². The number of quaternary nitrogens is 2. The van der Waals surface area contributed by atoms with Gasteiger partial charge in [0.05, 0.1) is 33.0 Å². The number of carboxylic acids is 4. The van der Waals surface area contributed by atoms with Crippen molar-refractivity contribution in [3.05, 3.63) is 53.3 Å². The molecule has 0 aliphatic carbocycles. The zero-order chi connectivity index (χ0) is 28.9. The Balaban J connectivity index is 0.000000374. The Hall–Kier alpha value is -4.23. The second-order valence-corrected chi connectivity index (χ2v) is 9.04. The molecular formula is C26H33N3O10. The number of likely N-dealkylation sites (tertiary alicyclic amines) is 1. The third kappa shape index (κ3) is 9.87. The molecule has 0 radical (unpaired) electrons. The molecule has 0 spiro atoms. The molecule has 2 aliphatic heterocycles. The van der Waals surface area contributed by atoms with Gasteiger partial charge in [0, 0.05) is 31.0 Å². The molecule has 4 N–H and O–H groups in total. The van der Waals surface area contributed by atoms with Gasteiger partial charge in [-0.25, -0.2) is 9.59 Å². The van der Waals surface area contributed by atoms with Gasteiger partial charge in [-0.2, -0.15) is 0 Å². The molecular weight excluding hydrogens is 514 g/mol. The number of nitrogens with zero attached hydrogens (tertiary/aromatic N) is 1. The predicted molar refractivity (Wildman–Crippen MR) is 130 cm³/mol. The standard InChI is InChI=1S/C22H29N3O2.2C2H2O4/c1-26-21-12-17-8-11-25(14-18(17)13-22(21)27-2)20-7-5-10-24(16-20)15-19-6-3-4-9-23-19;2*3-1(4)2(5)6/h3-4,6,9,12-13,20H,5,7-8,10-11,14-16H2,1-2H3;2*(H,3,4)(H,5,6). The van der Waals surface area contributed by atoms with Gasteiger partial charge in [-0.05, 0) is 29.8 Å². The lowest BCUT2D eigenvalue weighted by Crippen LogP contribution is -3.24. The number of methoxy groups -OCH3 is 2. The molecule has 4 rings (SSSR count). The number of piperidine rings is 1. The maximum absolute atomic E-state index is 9.04. The Morgan fingerprint density at radius 1 is 0.974 bits per heavy atom. The molecule has 1 saturated heterocycles. The average Bonchev–Trinajstić information content (AvgIpc) is 2.93. The van der Waals surface area contributed by atoms with Crippen LogP contribution in [0.1, 0.15) is 29.7 Å². The number of nitrogens with one attached hydrogen (secondary N) is 2. The molecule has 3 heterocycles. The molecule has 1 aromatic heterocycles. The number of aromatic nitrogens is 1. The molecule has 2 aromatic rings. The smallest absolute Gasteiger partial charge is 0.351 e. The van der Waals surface area contributed by atoms with Crippen molar-refractivity contribution in [2.45, 2.75) is 38.4 Å². The molecule has 13 heteroatoms. The fourth-order valence-corrected chi connectivity index (χ4v) is 4.76. The number of rotatable bonds is 5. The van der Waals surface area contributed by atoms with E-state index in [1.165, 1.54) is 49.3 Å². The van der Waals surface area contributed by atoms with Crippen molar-refractivity contribution in [1.82, 2.24) is 4.98 Å². The van der Waals surface area contributed by atoms with Crippen LogP contribution in [0.4, 0.5) is 0 Å². The number of pyridine rings is 1. The molecule has 13 nitrogen and oxygen atoms in total. The number of carbonyl (C=O) groups excluding carboxylic acids is 2. The quantitative estimate of drug-likeness (QED) is 0.266. The number of fused-ring (bicyclic) bond motifs is 1. The summed E-state index contributed by atoms with van der Waals surface area (Å²) in [5.74, 6) is -6.32. The minimum absolute atomic E-state index is 0.735.